The first-order valence-corrected chi connectivity index (χ1v) is 12.4. The fraction of sp³-hybridized carbons (Fsp3) is 0.259. The van der Waals surface area contributed by atoms with Crippen molar-refractivity contribution < 1.29 is 23.4 Å². The number of anilines is 1. The lowest BCUT2D eigenvalue weighted by Gasteiger charge is -2.25. The van der Waals surface area contributed by atoms with Crippen molar-refractivity contribution >= 4 is 23.4 Å². The molecule has 0 aliphatic carbocycles. The molecule has 0 aromatic heterocycles. The van der Waals surface area contributed by atoms with Crippen LogP contribution in [-0.2, 0) is 17.8 Å². The molecular weight excluding hydrogens is 470 g/mol. The zero-order valence-electron chi connectivity index (χ0n) is 19.1. The summed E-state index contributed by atoms with van der Waals surface area (Å²) in [5.74, 6) is -2.02. The number of ether oxygens (including phenoxy) is 1. The fourth-order valence-corrected chi connectivity index (χ4v) is 4.96. The van der Waals surface area contributed by atoms with E-state index in [0.29, 0.717) is 29.2 Å². The van der Waals surface area contributed by atoms with Crippen LogP contribution >= 0.6 is 11.8 Å². The van der Waals surface area contributed by atoms with E-state index in [2.05, 4.69) is 6.07 Å². The van der Waals surface area contributed by atoms with Gasteiger partial charge >= 0.3 is 5.97 Å². The molecule has 0 bridgehead atoms. The average molecular weight is 495 g/mol. The summed E-state index contributed by atoms with van der Waals surface area (Å²) < 4.78 is 33.3. The van der Waals surface area contributed by atoms with Gasteiger partial charge in [0.05, 0.1) is 12.5 Å². The quantitative estimate of drug-likeness (QED) is 0.384. The molecular formula is C27H24F2N2O3S. The maximum Gasteiger partial charge on any atom is 0.326 e. The van der Waals surface area contributed by atoms with Gasteiger partial charge in [0.25, 0.3) is 0 Å². The first kappa shape index (κ1) is 24.6. The van der Waals surface area contributed by atoms with Gasteiger partial charge in [0.2, 0.25) is 0 Å². The van der Waals surface area contributed by atoms with Gasteiger partial charge in [-0.2, -0.15) is 5.26 Å². The number of halogens is 2. The van der Waals surface area contributed by atoms with Crippen LogP contribution in [0.5, 0.6) is 5.75 Å². The van der Waals surface area contributed by atoms with Gasteiger partial charge in [-0.15, -0.1) is 11.8 Å². The SMILES string of the molecule is CSc1cc(F)c(F)cc1-c1ccc(OCc2cc(CC#N)cc(N3CCC[C@H]3C(=O)O)c2)cc1. The maximum atomic E-state index is 13.8. The van der Waals surface area contributed by atoms with Crippen LogP contribution in [0.4, 0.5) is 14.5 Å². The summed E-state index contributed by atoms with van der Waals surface area (Å²) >= 11 is 1.34. The molecule has 0 radical (unpaired) electrons. The Morgan fingerprint density at radius 3 is 2.54 bits per heavy atom. The summed E-state index contributed by atoms with van der Waals surface area (Å²) in [7, 11) is 0. The average Bonchev–Trinajstić information content (AvgIpc) is 3.35. The number of hydrogen-bond acceptors (Lipinski definition) is 5. The van der Waals surface area contributed by atoms with Crippen molar-refractivity contribution in [2.75, 3.05) is 17.7 Å². The summed E-state index contributed by atoms with van der Waals surface area (Å²) in [5, 5.41) is 18.7. The Labute approximate surface area is 207 Å². The van der Waals surface area contributed by atoms with Gasteiger partial charge in [-0.1, -0.05) is 18.2 Å². The van der Waals surface area contributed by atoms with Crippen LogP contribution in [0.2, 0.25) is 0 Å². The number of benzene rings is 3. The molecule has 1 saturated heterocycles. The molecule has 0 saturated carbocycles. The normalized spacial score (nSPS) is 15.1. The Morgan fingerprint density at radius 1 is 1.14 bits per heavy atom. The first-order valence-electron chi connectivity index (χ1n) is 11.1. The molecule has 8 heteroatoms. The van der Waals surface area contributed by atoms with Crippen LogP contribution in [0, 0.1) is 23.0 Å². The largest absolute Gasteiger partial charge is 0.489 e. The number of nitriles is 1. The smallest absolute Gasteiger partial charge is 0.326 e. The number of rotatable bonds is 8. The Bertz CT molecular complexity index is 1270. The highest BCUT2D eigenvalue weighted by molar-refractivity contribution is 7.98. The number of carboxylic acid groups (broad SMARTS) is 1. The van der Waals surface area contributed by atoms with E-state index in [9.17, 15) is 18.7 Å². The molecule has 35 heavy (non-hydrogen) atoms. The Morgan fingerprint density at radius 2 is 1.86 bits per heavy atom. The zero-order chi connectivity index (χ0) is 24.9. The summed E-state index contributed by atoms with van der Waals surface area (Å²) in [6.07, 6.45) is 3.41. The van der Waals surface area contributed by atoms with E-state index in [4.69, 9.17) is 10.00 Å². The lowest BCUT2D eigenvalue weighted by atomic mass is 10.0. The second-order valence-electron chi connectivity index (χ2n) is 8.31. The van der Waals surface area contributed by atoms with Crippen molar-refractivity contribution in [3.05, 3.63) is 77.4 Å². The molecule has 180 valence electrons. The molecule has 0 amide bonds. The van der Waals surface area contributed by atoms with Gasteiger partial charge in [-0.3, -0.25) is 0 Å². The Hall–Kier alpha value is -3.57. The molecule has 1 fully saturated rings. The molecule has 0 spiro atoms. The summed E-state index contributed by atoms with van der Waals surface area (Å²) in [4.78, 5) is 14.1. The number of nitrogens with zero attached hydrogens (tertiary/aromatic N) is 2. The summed E-state index contributed by atoms with van der Waals surface area (Å²) in [6, 6.07) is 16.7. The Kier molecular flexibility index (Phi) is 7.57. The van der Waals surface area contributed by atoms with Gasteiger partial charge in [0.15, 0.2) is 11.6 Å². The van der Waals surface area contributed by atoms with E-state index in [1.165, 1.54) is 23.9 Å². The molecule has 1 heterocycles. The monoisotopic (exact) mass is 494 g/mol. The van der Waals surface area contributed by atoms with Gasteiger partial charge in [0, 0.05) is 17.1 Å². The van der Waals surface area contributed by atoms with Crippen molar-refractivity contribution in [1.82, 2.24) is 0 Å². The second kappa shape index (κ2) is 10.8. The number of carboxylic acids is 1. The van der Waals surface area contributed by atoms with Gasteiger partial charge in [-0.05, 0) is 77.7 Å². The minimum atomic E-state index is -0.894. The lowest BCUT2D eigenvalue weighted by molar-refractivity contribution is -0.138. The molecule has 3 aromatic rings. The van der Waals surface area contributed by atoms with Gasteiger partial charge in [0.1, 0.15) is 18.4 Å². The van der Waals surface area contributed by atoms with Crippen LogP contribution in [0.25, 0.3) is 11.1 Å². The van der Waals surface area contributed by atoms with Crippen molar-refractivity contribution in [1.29, 1.82) is 5.26 Å². The van der Waals surface area contributed by atoms with E-state index >= 15 is 0 Å². The van der Waals surface area contributed by atoms with E-state index in [-0.39, 0.29) is 13.0 Å². The third-order valence-corrected chi connectivity index (χ3v) is 6.78. The number of aliphatic carboxylic acids is 1. The topological polar surface area (TPSA) is 73.6 Å². The first-order chi connectivity index (χ1) is 16.9. The van der Waals surface area contributed by atoms with Crippen LogP contribution < -0.4 is 9.64 Å². The predicted octanol–water partition coefficient (Wildman–Crippen LogP) is 6.05. The van der Waals surface area contributed by atoms with Crippen molar-refractivity contribution in [3.8, 4) is 22.9 Å². The molecule has 5 nitrogen and oxygen atoms in total. The standard InChI is InChI=1S/C27H24F2N2O3S/c1-35-26-15-24(29)23(28)14-22(26)19-4-6-21(7-5-19)34-16-18-11-17(8-9-30)12-20(13-18)31-10-2-3-25(31)27(32)33/h4-7,11-15,25H,2-3,8,10,16H2,1H3,(H,32,33)/t25-/m0/s1. The van der Waals surface area contributed by atoms with Crippen molar-refractivity contribution in [2.24, 2.45) is 0 Å². The number of carbonyl (C=O) groups is 1. The van der Waals surface area contributed by atoms with Crippen LogP contribution in [0.1, 0.15) is 24.0 Å². The summed E-state index contributed by atoms with van der Waals surface area (Å²) in [6.45, 7) is 0.884. The highest BCUT2D eigenvalue weighted by Crippen LogP contribution is 2.33. The highest BCUT2D eigenvalue weighted by Gasteiger charge is 2.31. The fourth-order valence-electron chi connectivity index (χ4n) is 4.34. The summed E-state index contributed by atoms with van der Waals surface area (Å²) in [5.41, 5.74) is 3.76. The molecule has 1 atom stereocenters. The molecule has 1 aliphatic heterocycles. The van der Waals surface area contributed by atoms with Crippen LogP contribution in [0.15, 0.2) is 59.5 Å². The lowest BCUT2D eigenvalue weighted by Crippen LogP contribution is -2.36. The van der Waals surface area contributed by atoms with Crippen LogP contribution in [-0.4, -0.2) is 29.9 Å². The third kappa shape index (κ3) is 5.57. The van der Waals surface area contributed by atoms with Crippen molar-refractivity contribution in [2.45, 2.75) is 36.8 Å². The third-order valence-electron chi connectivity index (χ3n) is 6.00. The number of thioether (sulfide) groups is 1. The van der Waals surface area contributed by atoms with Crippen molar-refractivity contribution in [3.63, 3.8) is 0 Å². The van der Waals surface area contributed by atoms with Gasteiger partial charge in [-0.25, -0.2) is 13.6 Å². The minimum absolute atomic E-state index is 0.215. The molecule has 3 aromatic carbocycles. The predicted molar refractivity (Wildman–Crippen MR) is 132 cm³/mol. The maximum absolute atomic E-state index is 13.8. The van der Waals surface area contributed by atoms with Gasteiger partial charge < -0.3 is 14.7 Å². The molecule has 0 unspecified atom stereocenters. The molecule has 1 aliphatic rings. The second-order valence-corrected chi connectivity index (χ2v) is 9.16. The van der Waals surface area contributed by atoms with Crippen LogP contribution in [0.3, 0.4) is 0 Å². The zero-order valence-corrected chi connectivity index (χ0v) is 19.9. The minimum Gasteiger partial charge on any atom is -0.489 e. The Balaban J connectivity index is 1.53. The number of hydrogen-bond donors (Lipinski definition) is 1. The van der Waals surface area contributed by atoms with E-state index in [1.807, 2.05) is 29.4 Å². The van der Waals surface area contributed by atoms with E-state index in [0.717, 1.165) is 28.8 Å². The molecule has 4 rings (SSSR count). The highest BCUT2D eigenvalue weighted by atomic mass is 32.2. The molecule has 1 N–H and O–H groups in total. The van der Waals surface area contributed by atoms with E-state index < -0.39 is 23.6 Å². The van der Waals surface area contributed by atoms with E-state index in [1.54, 1.807) is 24.3 Å².